The van der Waals surface area contributed by atoms with E-state index in [1.54, 1.807) is 9.58 Å². The van der Waals surface area contributed by atoms with Crippen LogP contribution in [0.25, 0.3) is 16.9 Å². The molecule has 0 bridgehead atoms. The number of para-hydroxylation sites is 1. The van der Waals surface area contributed by atoms with Gasteiger partial charge in [0, 0.05) is 43.7 Å². The monoisotopic (exact) mass is 399 g/mol. The Morgan fingerprint density at radius 3 is 2.20 bits per heavy atom. The largest absolute Gasteiger partial charge is 0.337 e. The number of rotatable bonds is 5. The molecule has 30 heavy (non-hydrogen) atoms. The van der Waals surface area contributed by atoms with Crippen LogP contribution in [-0.2, 0) is 13.6 Å². The first kappa shape index (κ1) is 19.6. The van der Waals surface area contributed by atoms with Gasteiger partial charge in [0.25, 0.3) is 5.91 Å². The molecule has 4 aromatic rings. The standard InChI is InChI=1S/C24H25N5O/c1-17-21(18(2)28(4)25-17)15-27(3)24(30)22-16-29(20-13-9-6-10-14-20)26-23(22)19-11-7-5-8-12-19/h5-14,16H,15H2,1-4H3. The van der Waals surface area contributed by atoms with E-state index in [1.165, 1.54) is 0 Å². The molecule has 0 radical (unpaired) electrons. The lowest BCUT2D eigenvalue weighted by atomic mass is 10.1. The van der Waals surface area contributed by atoms with Crippen molar-refractivity contribution in [3.8, 4) is 16.9 Å². The third-order valence-corrected chi connectivity index (χ3v) is 5.41. The minimum Gasteiger partial charge on any atom is -0.337 e. The lowest BCUT2D eigenvalue weighted by Crippen LogP contribution is -2.27. The zero-order valence-corrected chi connectivity index (χ0v) is 17.7. The lowest BCUT2D eigenvalue weighted by molar-refractivity contribution is 0.0785. The molecule has 0 aliphatic carbocycles. The van der Waals surface area contributed by atoms with Crippen LogP contribution in [0.5, 0.6) is 0 Å². The Balaban J connectivity index is 1.73. The minimum atomic E-state index is -0.0707. The number of carbonyl (C=O) groups excluding carboxylic acids is 1. The number of benzene rings is 2. The topological polar surface area (TPSA) is 56.0 Å². The number of aromatic nitrogens is 4. The van der Waals surface area contributed by atoms with E-state index < -0.39 is 0 Å². The fourth-order valence-corrected chi connectivity index (χ4v) is 3.61. The van der Waals surface area contributed by atoms with Gasteiger partial charge in [0.05, 0.1) is 16.9 Å². The third-order valence-electron chi connectivity index (χ3n) is 5.41. The van der Waals surface area contributed by atoms with Gasteiger partial charge in [-0.25, -0.2) is 4.68 Å². The molecular formula is C24H25N5O. The quantitative estimate of drug-likeness (QED) is 0.506. The van der Waals surface area contributed by atoms with Crippen LogP contribution in [0.15, 0.2) is 66.9 Å². The summed E-state index contributed by atoms with van der Waals surface area (Å²) in [5, 5.41) is 9.22. The summed E-state index contributed by atoms with van der Waals surface area (Å²) < 4.78 is 3.62. The van der Waals surface area contributed by atoms with Gasteiger partial charge in [0.15, 0.2) is 0 Å². The highest BCUT2D eigenvalue weighted by Crippen LogP contribution is 2.25. The molecule has 0 aliphatic rings. The molecule has 2 aromatic carbocycles. The Hall–Kier alpha value is -3.67. The highest BCUT2D eigenvalue weighted by Gasteiger charge is 2.23. The molecule has 6 nitrogen and oxygen atoms in total. The molecule has 4 rings (SSSR count). The average molecular weight is 399 g/mol. The molecule has 1 amide bonds. The van der Waals surface area contributed by atoms with Crippen molar-refractivity contribution in [1.82, 2.24) is 24.5 Å². The number of amides is 1. The summed E-state index contributed by atoms with van der Waals surface area (Å²) in [6.07, 6.45) is 1.82. The summed E-state index contributed by atoms with van der Waals surface area (Å²) in [7, 11) is 3.74. The van der Waals surface area contributed by atoms with Crippen LogP contribution in [0.2, 0.25) is 0 Å². The van der Waals surface area contributed by atoms with Crippen LogP contribution < -0.4 is 0 Å². The van der Waals surface area contributed by atoms with Gasteiger partial charge < -0.3 is 4.90 Å². The Labute approximate surface area is 176 Å². The number of aryl methyl sites for hydroxylation is 2. The van der Waals surface area contributed by atoms with Crippen molar-refractivity contribution in [3.63, 3.8) is 0 Å². The molecule has 2 heterocycles. The van der Waals surface area contributed by atoms with E-state index in [9.17, 15) is 4.79 Å². The van der Waals surface area contributed by atoms with E-state index in [4.69, 9.17) is 5.10 Å². The number of nitrogens with zero attached hydrogens (tertiary/aromatic N) is 5. The summed E-state index contributed by atoms with van der Waals surface area (Å²) in [5.74, 6) is -0.0707. The first-order chi connectivity index (χ1) is 14.5. The molecule has 0 spiro atoms. The average Bonchev–Trinajstić information content (AvgIpc) is 3.31. The molecule has 0 aliphatic heterocycles. The van der Waals surface area contributed by atoms with E-state index in [0.29, 0.717) is 17.8 Å². The van der Waals surface area contributed by atoms with Crippen molar-refractivity contribution in [2.45, 2.75) is 20.4 Å². The molecular weight excluding hydrogens is 374 g/mol. The van der Waals surface area contributed by atoms with Gasteiger partial charge in [-0.1, -0.05) is 48.5 Å². The summed E-state index contributed by atoms with van der Waals surface area (Å²) in [5.41, 5.74) is 6.16. The summed E-state index contributed by atoms with van der Waals surface area (Å²) in [6, 6.07) is 19.6. The Bertz CT molecular complexity index is 1180. The van der Waals surface area contributed by atoms with Gasteiger partial charge in [0.1, 0.15) is 5.69 Å². The van der Waals surface area contributed by atoms with Gasteiger partial charge in [-0.3, -0.25) is 9.48 Å². The smallest absolute Gasteiger partial charge is 0.257 e. The number of carbonyl (C=O) groups is 1. The molecule has 2 aromatic heterocycles. The predicted molar refractivity (Wildman–Crippen MR) is 117 cm³/mol. The predicted octanol–water partition coefficient (Wildman–Crippen LogP) is 4.16. The normalized spacial score (nSPS) is 10.9. The second-order valence-corrected chi connectivity index (χ2v) is 7.47. The SMILES string of the molecule is Cc1nn(C)c(C)c1CN(C)C(=O)c1cn(-c2ccccc2)nc1-c1ccccc1. The minimum absolute atomic E-state index is 0.0707. The van der Waals surface area contributed by atoms with Gasteiger partial charge in [-0.05, 0) is 26.0 Å². The fourth-order valence-electron chi connectivity index (χ4n) is 3.61. The highest BCUT2D eigenvalue weighted by atomic mass is 16.2. The Morgan fingerprint density at radius 2 is 1.60 bits per heavy atom. The van der Waals surface area contributed by atoms with Crippen molar-refractivity contribution in [3.05, 3.63) is 89.4 Å². The molecule has 0 unspecified atom stereocenters. The third kappa shape index (κ3) is 3.64. The lowest BCUT2D eigenvalue weighted by Gasteiger charge is -2.17. The Morgan fingerprint density at radius 1 is 0.967 bits per heavy atom. The zero-order valence-electron chi connectivity index (χ0n) is 17.7. The van der Waals surface area contributed by atoms with Crippen molar-refractivity contribution in [1.29, 1.82) is 0 Å². The molecule has 0 N–H and O–H groups in total. The zero-order chi connectivity index (χ0) is 21.3. The molecule has 6 heteroatoms. The summed E-state index contributed by atoms with van der Waals surface area (Å²) in [6.45, 7) is 4.50. The van der Waals surface area contributed by atoms with Crippen molar-refractivity contribution in [2.75, 3.05) is 7.05 Å². The highest BCUT2D eigenvalue weighted by molar-refractivity contribution is 5.99. The van der Waals surface area contributed by atoms with Crippen LogP contribution in [0.3, 0.4) is 0 Å². The summed E-state index contributed by atoms with van der Waals surface area (Å²) in [4.78, 5) is 15.2. The molecule has 0 atom stereocenters. The maximum Gasteiger partial charge on any atom is 0.257 e. The van der Waals surface area contributed by atoms with Gasteiger partial charge in [-0.2, -0.15) is 10.2 Å². The second-order valence-electron chi connectivity index (χ2n) is 7.47. The van der Waals surface area contributed by atoms with Crippen LogP contribution in [0, 0.1) is 13.8 Å². The van der Waals surface area contributed by atoms with Gasteiger partial charge in [0.2, 0.25) is 0 Å². The van der Waals surface area contributed by atoms with E-state index in [-0.39, 0.29) is 5.91 Å². The van der Waals surface area contributed by atoms with Crippen molar-refractivity contribution in [2.24, 2.45) is 7.05 Å². The van der Waals surface area contributed by atoms with Crippen molar-refractivity contribution >= 4 is 5.91 Å². The maximum atomic E-state index is 13.5. The molecule has 0 fully saturated rings. The van der Waals surface area contributed by atoms with Gasteiger partial charge >= 0.3 is 0 Å². The maximum absolute atomic E-state index is 13.5. The number of hydrogen-bond acceptors (Lipinski definition) is 3. The van der Waals surface area contributed by atoms with E-state index in [2.05, 4.69) is 5.10 Å². The van der Waals surface area contributed by atoms with Crippen LogP contribution >= 0.6 is 0 Å². The van der Waals surface area contributed by atoms with E-state index in [1.807, 2.05) is 99.5 Å². The molecule has 152 valence electrons. The number of hydrogen-bond donors (Lipinski definition) is 0. The van der Waals surface area contributed by atoms with Crippen LogP contribution in [0.1, 0.15) is 27.3 Å². The molecule has 0 saturated heterocycles. The van der Waals surface area contributed by atoms with Crippen molar-refractivity contribution < 1.29 is 4.79 Å². The van der Waals surface area contributed by atoms with Crippen LogP contribution in [-0.4, -0.2) is 37.4 Å². The first-order valence-electron chi connectivity index (χ1n) is 9.90. The van der Waals surface area contributed by atoms with Crippen LogP contribution in [0.4, 0.5) is 0 Å². The fraction of sp³-hybridized carbons (Fsp3) is 0.208. The van der Waals surface area contributed by atoms with Gasteiger partial charge in [-0.15, -0.1) is 0 Å². The molecule has 0 saturated carbocycles. The summed E-state index contributed by atoms with van der Waals surface area (Å²) >= 11 is 0. The second kappa shape index (κ2) is 7.99. The van der Waals surface area contributed by atoms with E-state index in [0.717, 1.165) is 28.2 Å². The first-order valence-corrected chi connectivity index (χ1v) is 9.90. The Kier molecular flexibility index (Phi) is 5.23. The van der Waals surface area contributed by atoms with E-state index >= 15 is 0 Å².